The number of esters is 1. The van der Waals surface area contributed by atoms with Crippen molar-refractivity contribution in [1.29, 1.82) is 0 Å². The number of fused-ring (bicyclic) bond motifs is 1. The van der Waals surface area contributed by atoms with Crippen molar-refractivity contribution in [3.05, 3.63) is 71.9 Å². The predicted octanol–water partition coefficient (Wildman–Crippen LogP) is 5.93. The molecule has 42 heavy (non-hydrogen) atoms. The maximum absolute atomic E-state index is 14.0. The normalized spacial score (nSPS) is 12.8. The highest BCUT2D eigenvalue weighted by atomic mass is 35.6. The fourth-order valence-corrected chi connectivity index (χ4v) is 4.44. The zero-order valence-corrected chi connectivity index (χ0v) is 25.5. The van der Waals surface area contributed by atoms with Gasteiger partial charge in [-0.05, 0) is 29.5 Å². The quantitative estimate of drug-likeness (QED) is 0.151. The Morgan fingerprint density at radius 1 is 0.976 bits per heavy atom. The van der Waals surface area contributed by atoms with Gasteiger partial charge in [0.15, 0.2) is 0 Å². The van der Waals surface area contributed by atoms with Crippen molar-refractivity contribution in [3.8, 4) is 0 Å². The average Bonchev–Trinajstić information content (AvgIpc) is 3.36. The second-order valence-corrected chi connectivity index (χ2v) is 12.4. The van der Waals surface area contributed by atoms with Crippen LogP contribution in [0.4, 0.5) is 9.59 Å². The van der Waals surface area contributed by atoms with Crippen LogP contribution in [0.5, 0.6) is 0 Å². The summed E-state index contributed by atoms with van der Waals surface area (Å²) in [6, 6.07) is 13.5. The predicted molar refractivity (Wildman–Crippen MR) is 159 cm³/mol. The number of para-hydroxylation sites is 1. The number of hydrogen-bond acceptors (Lipinski definition) is 7. The first-order valence-electron chi connectivity index (χ1n) is 13.1. The zero-order valence-electron chi connectivity index (χ0n) is 23.3. The van der Waals surface area contributed by atoms with E-state index >= 15 is 0 Å². The molecule has 0 saturated carbocycles. The van der Waals surface area contributed by atoms with E-state index in [4.69, 9.17) is 49.0 Å². The van der Waals surface area contributed by atoms with Crippen LogP contribution in [0.2, 0.25) is 0 Å². The maximum Gasteiger partial charge on any atom is 0.417 e. The molecule has 0 radical (unpaired) electrons. The van der Waals surface area contributed by atoms with Gasteiger partial charge >= 0.3 is 18.2 Å². The third-order valence-electron chi connectivity index (χ3n) is 6.18. The molecular formula is C29H32Cl3N3O7. The van der Waals surface area contributed by atoms with Crippen LogP contribution in [-0.4, -0.2) is 63.5 Å². The standard InChI is InChI=1S/C29H32Cl3N3O7/c1-18(2)13-23(34-27(38)41-16-19-9-5-4-6-10-19)25(36)35(28(39)42-17-29(30,31)32)24(26(37)40-3)14-20-15-33-22-12-8-7-11-21(20)22/h4-12,15,18,23-24,33H,13-14,16-17H2,1-3H3,(H,34,38)/t23-,24+/m0/s1. The minimum atomic E-state index is -1.99. The minimum Gasteiger partial charge on any atom is -0.467 e. The molecule has 0 fully saturated rings. The van der Waals surface area contributed by atoms with Crippen LogP contribution >= 0.6 is 34.8 Å². The first-order chi connectivity index (χ1) is 19.9. The largest absolute Gasteiger partial charge is 0.467 e. The summed E-state index contributed by atoms with van der Waals surface area (Å²) in [4.78, 5) is 57.1. The van der Waals surface area contributed by atoms with E-state index in [9.17, 15) is 19.2 Å². The van der Waals surface area contributed by atoms with E-state index in [0.717, 1.165) is 23.6 Å². The Bertz CT molecular complexity index is 1380. The van der Waals surface area contributed by atoms with Gasteiger partial charge in [0.1, 0.15) is 25.3 Å². The van der Waals surface area contributed by atoms with Gasteiger partial charge in [0.2, 0.25) is 3.79 Å². The molecule has 13 heteroatoms. The van der Waals surface area contributed by atoms with Crippen LogP contribution < -0.4 is 5.32 Å². The number of amides is 3. The Labute approximate surface area is 258 Å². The summed E-state index contributed by atoms with van der Waals surface area (Å²) in [5.41, 5.74) is 2.15. The van der Waals surface area contributed by atoms with Gasteiger partial charge in [0, 0.05) is 23.5 Å². The first kappa shape index (κ1) is 33.0. The SMILES string of the molecule is COC(=O)[C@@H](Cc1c[nH]c2ccccc12)N(C(=O)OCC(Cl)(Cl)Cl)C(=O)[C@H](CC(C)C)NC(=O)OCc1ccccc1. The summed E-state index contributed by atoms with van der Waals surface area (Å²) in [7, 11) is 1.13. The van der Waals surface area contributed by atoms with E-state index in [1.54, 1.807) is 30.5 Å². The number of halogens is 3. The number of hydrogen-bond donors (Lipinski definition) is 2. The van der Waals surface area contributed by atoms with Gasteiger partial charge in [-0.25, -0.2) is 19.3 Å². The number of alkyl carbamates (subject to hydrolysis) is 1. The first-order valence-corrected chi connectivity index (χ1v) is 14.2. The molecule has 2 atom stereocenters. The lowest BCUT2D eigenvalue weighted by atomic mass is 10.00. The molecule has 3 aromatic rings. The van der Waals surface area contributed by atoms with Crippen molar-refractivity contribution in [2.75, 3.05) is 13.7 Å². The van der Waals surface area contributed by atoms with E-state index in [1.807, 2.05) is 44.2 Å². The molecule has 1 aromatic heterocycles. The zero-order chi connectivity index (χ0) is 30.9. The van der Waals surface area contributed by atoms with Crippen LogP contribution in [-0.2, 0) is 36.8 Å². The summed E-state index contributed by atoms with van der Waals surface area (Å²) in [5, 5.41) is 3.30. The Morgan fingerprint density at radius 3 is 2.29 bits per heavy atom. The molecule has 0 aliphatic heterocycles. The summed E-state index contributed by atoms with van der Waals surface area (Å²) >= 11 is 17.3. The molecule has 0 saturated heterocycles. The lowest BCUT2D eigenvalue weighted by Gasteiger charge is -2.31. The van der Waals surface area contributed by atoms with Gasteiger partial charge < -0.3 is 24.5 Å². The lowest BCUT2D eigenvalue weighted by Crippen LogP contribution is -2.57. The molecule has 2 aromatic carbocycles. The van der Waals surface area contributed by atoms with Crippen LogP contribution in [0.15, 0.2) is 60.8 Å². The second-order valence-electron chi connectivity index (χ2n) is 9.87. The highest BCUT2D eigenvalue weighted by molar-refractivity contribution is 6.67. The third-order valence-corrected chi connectivity index (χ3v) is 6.50. The number of aromatic amines is 1. The molecular weight excluding hydrogens is 609 g/mol. The van der Waals surface area contributed by atoms with Gasteiger partial charge in [0.05, 0.1) is 7.11 Å². The smallest absolute Gasteiger partial charge is 0.417 e. The maximum atomic E-state index is 14.0. The fraction of sp³-hybridized carbons (Fsp3) is 0.379. The number of carbonyl (C=O) groups excluding carboxylic acids is 4. The lowest BCUT2D eigenvalue weighted by molar-refractivity contribution is -0.152. The summed E-state index contributed by atoms with van der Waals surface area (Å²) in [5.74, 6) is -1.93. The molecule has 226 valence electrons. The Balaban J connectivity index is 1.94. The van der Waals surface area contributed by atoms with Crippen LogP contribution in [0.1, 0.15) is 31.4 Å². The van der Waals surface area contributed by atoms with Crippen LogP contribution in [0.25, 0.3) is 10.9 Å². The van der Waals surface area contributed by atoms with Crippen molar-refractivity contribution >= 4 is 69.8 Å². The second kappa shape index (κ2) is 15.1. The highest BCUT2D eigenvalue weighted by Gasteiger charge is 2.42. The Kier molecular flexibility index (Phi) is 11.9. The third kappa shape index (κ3) is 9.54. The summed E-state index contributed by atoms with van der Waals surface area (Å²) in [6.07, 6.45) is -0.499. The van der Waals surface area contributed by atoms with Gasteiger partial charge in [0.25, 0.3) is 5.91 Å². The number of H-pyrrole nitrogens is 1. The van der Waals surface area contributed by atoms with Gasteiger partial charge in [-0.15, -0.1) is 0 Å². The van der Waals surface area contributed by atoms with Gasteiger partial charge in [-0.3, -0.25) is 4.79 Å². The number of nitrogens with one attached hydrogen (secondary N) is 2. The Morgan fingerprint density at radius 2 is 1.64 bits per heavy atom. The van der Waals surface area contributed by atoms with E-state index in [1.165, 1.54) is 0 Å². The van der Waals surface area contributed by atoms with Crippen LogP contribution in [0.3, 0.4) is 0 Å². The number of alkyl halides is 3. The summed E-state index contributed by atoms with van der Waals surface area (Å²) in [6.45, 7) is 2.90. The molecule has 10 nitrogen and oxygen atoms in total. The Hall–Kier alpha value is -3.47. The minimum absolute atomic E-state index is 0.0460. The molecule has 1 heterocycles. The van der Waals surface area contributed by atoms with E-state index in [-0.39, 0.29) is 25.4 Å². The fourth-order valence-electron chi connectivity index (χ4n) is 4.28. The van der Waals surface area contributed by atoms with E-state index in [2.05, 4.69) is 10.3 Å². The average molecular weight is 641 g/mol. The molecule has 3 rings (SSSR count). The molecule has 3 amide bonds. The number of rotatable bonds is 11. The van der Waals surface area contributed by atoms with E-state index < -0.39 is 46.5 Å². The number of aromatic nitrogens is 1. The number of benzene rings is 2. The molecule has 0 bridgehead atoms. The number of ether oxygens (including phenoxy) is 3. The molecule has 0 unspecified atom stereocenters. The van der Waals surface area contributed by atoms with Gasteiger partial charge in [-0.1, -0.05) is 97.2 Å². The van der Waals surface area contributed by atoms with E-state index in [0.29, 0.717) is 10.5 Å². The molecule has 0 aliphatic rings. The van der Waals surface area contributed by atoms with Gasteiger partial charge in [-0.2, -0.15) is 0 Å². The van der Waals surface area contributed by atoms with Crippen LogP contribution in [0, 0.1) is 5.92 Å². The van der Waals surface area contributed by atoms with Crippen molar-refractivity contribution in [2.24, 2.45) is 5.92 Å². The van der Waals surface area contributed by atoms with Crippen molar-refractivity contribution in [3.63, 3.8) is 0 Å². The molecule has 2 N–H and O–H groups in total. The highest BCUT2D eigenvalue weighted by Crippen LogP contribution is 2.27. The molecule has 0 aliphatic carbocycles. The van der Waals surface area contributed by atoms with Crippen molar-refractivity contribution < 1.29 is 33.4 Å². The number of carbonyl (C=O) groups is 4. The number of nitrogens with zero attached hydrogens (tertiary/aromatic N) is 1. The monoisotopic (exact) mass is 639 g/mol. The number of imide groups is 1. The topological polar surface area (TPSA) is 127 Å². The van der Waals surface area contributed by atoms with Crippen molar-refractivity contribution in [2.45, 2.75) is 49.2 Å². The summed E-state index contributed by atoms with van der Waals surface area (Å²) < 4.78 is 13.4. The molecule has 0 spiro atoms. The number of methoxy groups -OCH3 is 1. The van der Waals surface area contributed by atoms with Crippen molar-refractivity contribution in [1.82, 2.24) is 15.2 Å².